The minimum Gasteiger partial charge on any atom is -0.477 e. The van der Waals surface area contributed by atoms with E-state index in [1.807, 2.05) is 0 Å². The molecule has 0 bridgehead atoms. The molecule has 0 aromatic heterocycles. The zero-order chi connectivity index (χ0) is 84.5. The van der Waals surface area contributed by atoms with Crippen molar-refractivity contribution in [2.75, 3.05) is 74.7 Å². The zero-order valence-corrected chi connectivity index (χ0v) is 61.8. The Morgan fingerprint density at radius 2 is 0.793 bits per heavy atom. The van der Waals surface area contributed by atoms with Crippen molar-refractivity contribution in [3.63, 3.8) is 0 Å². The highest BCUT2D eigenvalue weighted by Crippen LogP contribution is 2.42. The first-order valence-electron chi connectivity index (χ1n) is 34.8. The van der Waals surface area contributed by atoms with Crippen LogP contribution in [0.1, 0.15) is 79.1 Å². The molecular formula is C63H112N4O44. The summed E-state index contributed by atoms with van der Waals surface area (Å²) in [6.45, 7) is -4.20. The Morgan fingerprint density at radius 1 is 0.414 bits per heavy atom. The maximum atomic E-state index is 13.9. The largest absolute Gasteiger partial charge is 0.477 e. The summed E-state index contributed by atoms with van der Waals surface area (Å²) in [4.78, 5) is 91.9. The van der Waals surface area contributed by atoms with Gasteiger partial charge < -0.3 is 205 Å². The molecule has 0 radical (unpaired) electrons. The maximum absolute atomic E-state index is 13.9. The summed E-state index contributed by atoms with van der Waals surface area (Å²) in [7, 11) is 3.30. The molecule has 0 spiro atoms. The summed E-state index contributed by atoms with van der Waals surface area (Å²) in [5, 5.41) is 273. The van der Waals surface area contributed by atoms with Crippen molar-refractivity contribution in [2.24, 2.45) is 0 Å². The van der Waals surface area contributed by atoms with Crippen LogP contribution in [0.2, 0.25) is 0 Å². The summed E-state index contributed by atoms with van der Waals surface area (Å²) >= 11 is 0. The molecule has 0 aromatic rings. The molecule has 3 saturated heterocycles. The van der Waals surface area contributed by atoms with Crippen LogP contribution in [0.4, 0.5) is 0 Å². The average molecular weight is 1630 g/mol. The lowest BCUT2D eigenvalue weighted by Gasteiger charge is -2.49. The Labute approximate surface area is 633 Å². The normalized spacial score (nSPS) is 30.2. The van der Waals surface area contributed by atoms with Gasteiger partial charge in [0.15, 0.2) is 25.2 Å². The number of hydrogen-bond acceptors (Lipinski definition) is 41. The molecule has 111 heavy (non-hydrogen) atoms. The fraction of sp³-hybridized carbons (Fsp3) is 0.889. The number of carbonyl (C=O) groups excluding carboxylic acids is 4. The number of carboxylic acids is 3. The van der Waals surface area contributed by atoms with Crippen molar-refractivity contribution < 1.29 is 218 Å². The maximum Gasteiger partial charge on any atom is 0.364 e. The average Bonchev–Trinajstić information content (AvgIpc) is 0.766. The first-order chi connectivity index (χ1) is 52.0. The van der Waals surface area contributed by atoms with Crippen molar-refractivity contribution in [1.82, 2.24) is 21.3 Å². The van der Waals surface area contributed by atoms with Gasteiger partial charge in [0.25, 0.3) is 17.4 Å². The van der Waals surface area contributed by atoms with Crippen molar-refractivity contribution in [3.8, 4) is 0 Å². The number of aliphatic hydroxyl groups excluding tert-OH is 21. The van der Waals surface area contributed by atoms with Gasteiger partial charge in [-0.2, -0.15) is 0 Å². The van der Waals surface area contributed by atoms with E-state index in [-0.39, 0.29) is 0 Å². The number of aliphatic carboxylic acids is 3. The van der Waals surface area contributed by atoms with E-state index in [9.17, 15) is 156 Å². The molecule has 3 aliphatic rings. The topological polar surface area (TPSA) is 773 Å². The number of carboxylic acid groups (broad SMARTS) is 3. The van der Waals surface area contributed by atoms with Crippen molar-refractivity contribution in [1.29, 1.82) is 0 Å². The number of rotatable bonds is 52. The minimum absolute atomic E-state index is 0.689. The molecule has 48 nitrogen and oxygen atoms in total. The van der Waals surface area contributed by atoms with Gasteiger partial charge in [0.2, 0.25) is 23.6 Å². The lowest BCUT2D eigenvalue weighted by Crippen LogP contribution is -2.69. The number of nitrogens with one attached hydrogen (secondary N) is 4. The number of hydrogen-bond donors (Lipinski definition) is 28. The van der Waals surface area contributed by atoms with Crippen molar-refractivity contribution in [3.05, 3.63) is 0 Å². The molecule has 48 heteroatoms. The molecule has 3 fully saturated rings. The minimum atomic E-state index is -3.51. The Kier molecular flexibility index (Phi) is 42.0. The van der Waals surface area contributed by atoms with Crippen LogP contribution < -0.4 is 21.3 Å². The highest BCUT2D eigenvalue weighted by atomic mass is 16.8. The Balaban J connectivity index is 2.37. The van der Waals surface area contributed by atoms with Gasteiger partial charge >= 0.3 is 17.9 Å². The molecule has 3 aliphatic heterocycles. The molecule has 0 aromatic carbocycles. The monoisotopic (exact) mass is 1630 g/mol. The molecule has 28 N–H and O–H groups in total. The van der Waals surface area contributed by atoms with Gasteiger partial charge in [-0.1, -0.05) is 0 Å². The van der Waals surface area contributed by atoms with Gasteiger partial charge in [0.1, 0.15) is 85.4 Å². The van der Waals surface area contributed by atoms with Gasteiger partial charge in [-0.3, -0.25) is 19.2 Å². The van der Waals surface area contributed by atoms with Crippen LogP contribution in [0.3, 0.4) is 0 Å². The number of aliphatic hydroxyl groups is 21. The van der Waals surface area contributed by atoms with Gasteiger partial charge in [0.05, 0.1) is 92.9 Å². The summed E-state index contributed by atoms with van der Waals surface area (Å²) in [6.07, 6.45) is -68.4. The van der Waals surface area contributed by atoms with Gasteiger partial charge in [-0.05, 0) is 25.7 Å². The zero-order valence-electron chi connectivity index (χ0n) is 61.8. The first-order valence-corrected chi connectivity index (χ1v) is 34.8. The van der Waals surface area contributed by atoms with E-state index in [2.05, 4.69) is 26.0 Å². The third-order valence-electron chi connectivity index (χ3n) is 18.3. The number of ether oxygens (including phenoxy) is 13. The molecule has 3 heterocycles. The van der Waals surface area contributed by atoms with Crippen LogP contribution in [0.15, 0.2) is 0 Å². The van der Waals surface area contributed by atoms with E-state index < -0.39 is 340 Å². The number of methoxy groups -OCH3 is 4. The molecule has 4 amide bonds. The predicted molar refractivity (Wildman–Crippen MR) is 355 cm³/mol. The second-order valence-electron chi connectivity index (χ2n) is 26.6. The van der Waals surface area contributed by atoms with Gasteiger partial charge in [0, 0.05) is 108 Å². The van der Waals surface area contributed by atoms with Crippen molar-refractivity contribution in [2.45, 2.75) is 280 Å². The third-order valence-corrected chi connectivity index (χ3v) is 18.3. The molecular weight excluding hydrogens is 1520 g/mol. The Hall–Kier alpha value is -5.07. The number of carbonyl (C=O) groups is 7. The quantitative estimate of drug-likeness (QED) is 0.0252. The first kappa shape index (κ1) is 100. The van der Waals surface area contributed by atoms with Gasteiger partial charge in [-0.25, -0.2) is 14.4 Å². The van der Waals surface area contributed by atoms with Crippen LogP contribution in [-0.2, 0) is 95.1 Å². The molecule has 3 rings (SSSR count). The lowest BCUT2D eigenvalue weighted by atomic mass is 9.88. The van der Waals surface area contributed by atoms with Crippen molar-refractivity contribution >= 4 is 41.5 Å². The Bertz CT molecular complexity index is 2830. The molecule has 0 saturated carbocycles. The van der Waals surface area contributed by atoms with E-state index in [1.165, 1.54) is 0 Å². The summed E-state index contributed by atoms with van der Waals surface area (Å²) < 4.78 is 75.0. The van der Waals surface area contributed by atoms with E-state index in [1.54, 1.807) is 0 Å². The van der Waals surface area contributed by atoms with Crippen LogP contribution in [0, 0.1) is 0 Å². The number of amides is 4. The summed E-state index contributed by atoms with van der Waals surface area (Å²) in [6, 6.07) is -7.64. The van der Waals surface area contributed by atoms with E-state index in [4.69, 9.17) is 56.8 Å². The van der Waals surface area contributed by atoms with E-state index in [0.29, 0.717) is 0 Å². The fourth-order valence-corrected chi connectivity index (χ4v) is 12.9. The van der Waals surface area contributed by atoms with E-state index in [0.717, 1.165) is 56.1 Å². The Morgan fingerprint density at radius 3 is 1.19 bits per heavy atom. The third kappa shape index (κ3) is 26.7. The van der Waals surface area contributed by atoms with Gasteiger partial charge in [-0.15, -0.1) is 0 Å². The SMILES string of the molecule is COC(O)C(O)C(O)C(CCO)OC(OC)C(O)C(O[C@]1(C(=O)O)CC(O)C(NC(C)=O)C(C(O)[C@H](O)CO)O1)C(CCO)O[C@H](OC)C(NC(C)=O)C(O[C@H](OC)C(O)C(O[C@]1(C(=O)O)CC(O)C(NC(C)=O)C(C[C@@H](CO)O[C@]2(C(=O)O)CC(O)[C@@H](NC(C)=O)C(C(O)[C@H](O)CO)O2)O1)C(O)CCO)C(O)CCO. The molecule has 648 valence electrons. The molecule has 0 aliphatic carbocycles. The summed E-state index contributed by atoms with van der Waals surface area (Å²) in [5.74, 6) is -20.7. The van der Waals surface area contributed by atoms with Crippen LogP contribution in [0.5, 0.6) is 0 Å². The fourth-order valence-electron chi connectivity index (χ4n) is 12.9. The smallest absolute Gasteiger partial charge is 0.364 e. The lowest BCUT2D eigenvalue weighted by molar-refractivity contribution is -0.356. The van der Waals surface area contributed by atoms with Crippen LogP contribution in [0.25, 0.3) is 0 Å². The molecule has 24 unspecified atom stereocenters. The summed E-state index contributed by atoms with van der Waals surface area (Å²) in [5.41, 5.74) is 0. The highest BCUT2D eigenvalue weighted by molar-refractivity contribution is 5.78. The van der Waals surface area contributed by atoms with Crippen LogP contribution in [-0.4, -0.2) is 440 Å². The van der Waals surface area contributed by atoms with Crippen LogP contribution >= 0.6 is 0 Å². The molecule has 33 atom stereocenters. The highest BCUT2D eigenvalue weighted by Gasteiger charge is 2.62. The predicted octanol–water partition coefficient (Wildman–Crippen LogP) is -14.5. The van der Waals surface area contributed by atoms with E-state index >= 15 is 0 Å². The second kappa shape index (κ2) is 46.6. The standard InChI is InChI=1S/C63H112N4O44/c1-24(75)64-39-31(81)18-62(59(95)96,107-38(39)17-28(21-72)106-61(58(93)94)19-32(82)40(65-25(2)76)52(110-61)43(86)34(84)22-73)108-50(30(80)10-14-69)47(90)57(102-8)105-49(29(79)9-13-68)42(67-27(4)78)55(100-6)104-37(12-16-71)51(48(91)56(101-7)103-36(11-15-70)45(88)46(89)54(92)99-5)109-63(60(97)98)20-33(83)41(66-26(3)77)53(111-63)44(87)35(85)23-74/h28-57,68-74,79-92H,9-23H2,1-8H3,(H,64,75)(H,65,76)(H,66,77)(H,67,78)(H,93,94)(H,95,96)(H,97,98)/t28-,29?,30?,31?,32?,33?,34+,35+,36?,37?,38?,39?,40+,41?,42?,43?,44?,45?,46?,47?,48?,49?,50?,51?,52?,53?,54?,55-,56?,57-,61+,62-,63+/m0/s1. The second-order valence-corrected chi connectivity index (χ2v) is 26.6.